The van der Waals surface area contributed by atoms with Gasteiger partial charge in [-0.3, -0.25) is 4.98 Å². The summed E-state index contributed by atoms with van der Waals surface area (Å²) in [6.45, 7) is 0. The molecule has 1 aromatic heterocycles. The fourth-order valence-electron chi connectivity index (χ4n) is 1.43. The van der Waals surface area contributed by atoms with Gasteiger partial charge in [-0.2, -0.15) is 0 Å². The molecular weight excluding hydrogens is 238 g/mol. The lowest BCUT2D eigenvalue weighted by atomic mass is 10.3. The maximum absolute atomic E-state index is 5.80. The van der Waals surface area contributed by atoms with Crippen molar-refractivity contribution in [1.29, 1.82) is 0 Å². The van der Waals surface area contributed by atoms with E-state index in [2.05, 4.69) is 9.97 Å². The lowest BCUT2D eigenvalue weighted by Gasteiger charge is -2.18. The van der Waals surface area contributed by atoms with Crippen LogP contribution in [0.5, 0.6) is 5.75 Å². The van der Waals surface area contributed by atoms with Crippen LogP contribution in [0.2, 0.25) is 5.15 Å². The largest absolute Gasteiger partial charge is 0.497 e. The molecule has 88 valence electrons. The molecule has 2 rings (SSSR count). The highest BCUT2D eigenvalue weighted by molar-refractivity contribution is 6.29. The summed E-state index contributed by atoms with van der Waals surface area (Å²) in [5, 5.41) is 0.378. The summed E-state index contributed by atoms with van der Waals surface area (Å²) in [6.07, 6.45) is 3.17. The number of ether oxygens (including phenoxy) is 1. The summed E-state index contributed by atoms with van der Waals surface area (Å²) in [6, 6.07) is 7.68. The molecule has 4 nitrogen and oxygen atoms in total. The van der Waals surface area contributed by atoms with Crippen LogP contribution in [0.4, 0.5) is 11.5 Å². The molecule has 1 aromatic carbocycles. The predicted molar refractivity (Wildman–Crippen MR) is 68.1 cm³/mol. The van der Waals surface area contributed by atoms with Gasteiger partial charge in [0.2, 0.25) is 0 Å². The molecule has 1 heterocycles. The number of methoxy groups -OCH3 is 1. The second kappa shape index (κ2) is 5.01. The average molecular weight is 250 g/mol. The Bertz CT molecular complexity index is 501. The van der Waals surface area contributed by atoms with Crippen molar-refractivity contribution >= 4 is 23.1 Å². The van der Waals surface area contributed by atoms with Gasteiger partial charge in [0.05, 0.1) is 19.5 Å². The summed E-state index contributed by atoms with van der Waals surface area (Å²) in [5.74, 6) is 1.52. The van der Waals surface area contributed by atoms with E-state index in [4.69, 9.17) is 16.3 Å². The average Bonchev–Trinajstić information content (AvgIpc) is 2.38. The number of rotatable bonds is 3. The lowest BCUT2D eigenvalue weighted by molar-refractivity contribution is 0.415. The monoisotopic (exact) mass is 249 g/mol. The maximum atomic E-state index is 5.80. The van der Waals surface area contributed by atoms with Crippen molar-refractivity contribution in [2.24, 2.45) is 0 Å². The van der Waals surface area contributed by atoms with Crippen LogP contribution >= 0.6 is 11.6 Å². The highest BCUT2D eigenvalue weighted by atomic mass is 35.5. The number of halogens is 1. The summed E-state index contributed by atoms with van der Waals surface area (Å²) >= 11 is 5.80. The quantitative estimate of drug-likeness (QED) is 0.838. The third-order valence-electron chi connectivity index (χ3n) is 2.40. The van der Waals surface area contributed by atoms with E-state index < -0.39 is 0 Å². The van der Waals surface area contributed by atoms with Crippen molar-refractivity contribution in [3.05, 3.63) is 41.8 Å². The van der Waals surface area contributed by atoms with E-state index >= 15 is 0 Å². The van der Waals surface area contributed by atoms with Crippen LogP contribution in [0.1, 0.15) is 0 Å². The van der Waals surface area contributed by atoms with Gasteiger partial charge in [0, 0.05) is 12.7 Å². The van der Waals surface area contributed by atoms with Crippen molar-refractivity contribution < 1.29 is 4.74 Å². The van der Waals surface area contributed by atoms with Crippen molar-refractivity contribution in [2.75, 3.05) is 19.1 Å². The molecule has 0 saturated heterocycles. The summed E-state index contributed by atoms with van der Waals surface area (Å²) in [4.78, 5) is 10.1. The Labute approximate surface area is 105 Å². The van der Waals surface area contributed by atoms with E-state index in [1.165, 1.54) is 6.20 Å². The molecule has 17 heavy (non-hydrogen) atoms. The van der Waals surface area contributed by atoms with Gasteiger partial charge in [0.25, 0.3) is 0 Å². The molecule has 0 bridgehead atoms. The van der Waals surface area contributed by atoms with Gasteiger partial charge in [-0.15, -0.1) is 0 Å². The van der Waals surface area contributed by atoms with Crippen molar-refractivity contribution in [3.63, 3.8) is 0 Å². The minimum absolute atomic E-state index is 0.378. The molecule has 0 aliphatic carbocycles. The Morgan fingerprint density at radius 2 is 1.88 bits per heavy atom. The van der Waals surface area contributed by atoms with E-state index in [0.717, 1.165) is 11.4 Å². The van der Waals surface area contributed by atoms with Crippen LogP contribution in [0.15, 0.2) is 36.7 Å². The maximum Gasteiger partial charge on any atom is 0.153 e. The molecule has 5 heteroatoms. The molecule has 0 saturated carbocycles. The zero-order valence-electron chi connectivity index (χ0n) is 9.59. The van der Waals surface area contributed by atoms with Crippen LogP contribution in [0.3, 0.4) is 0 Å². The van der Waals surface area contributed by atoms with Crippen LogP contribution in [0, 0.1) is 0 Å². The van der Waals surface area contributed by atoms with E-state index in [-0.39, 0.29) is 0 Å². The fourth-order valence-corrected chi connectivity index (χ4v) is 1.58. The van der Waals surface area contributed by atoms with Gasteiger partial charge in [-0.25, -0.2) is 4.98 Å². The highest BCUT2D eigenvalue weighted by Gasteiger charge is 2.06. The Hall–Kier alpha value is -1.81. The Balaban J connectivity index is 2.27. The van der Waals surface area contributed by atoms with Crippen molar-refractivity contribution in [1.82, 2.24) is 9.97 Å². The van der Waals surface area contributed by atoms with Gasteiger partial charge in [0.15, 0.2) is 5.82 Å². The number of aromatic nitrogens is 2. The first kappa shape index (κ1) is 11.7. The predicted octanol–water partition coefficient (Wildman–Crippen LogP) is 2.91. The number of nitrogens with zero attached hydrogens (tertiary/aromatic N) is 3. The smallest absolute Gasteiger partial charge is 0.153 e. The minimum Gasteiger partial charge on any atom is -0.497 e. The standard InChI is InChI=1S/C12H12ClN3O/c1-16(12-8-14-7-11(13)15-12)9-3-5-10(17-2)6-4-9/h3-8H,1-2H3. The third kappa shape index (κ3) is 2.65. The number of anilines is 2. The lowest BCUT2D eigenvalue weighted by Crippen LogP contribution is -2.11. The third-order valence-corrected chi connectivity index (χ3v) is 2.58. The normalized spacial score (nSPS) is 10.1. The van der Waals surface area contributed by atoms with Crippen LogP contribution in [0.25, 0.3) is 0 Å². The van der Waals surface area contributed by atoms with E-state index in [1.54, 1.807) is 13.3 Å². The summed E-state index contributed by atoms with van der Waals surface area (Å²) in [5.41, 5.74) is 0.988. The second-order valence-corrected chi connectivity index (χ2v) is 3.84. The zero-order valence-corrected chi connectivity index (χ0v) is 10.3. The van der Waals surface area contributed by atoms with Gasteiger partial charge in [-0.1, -0.05) is 11.6 Å². The van der Waals surface area contributed by atoms with E-state index in [1.807, 2.05) is 36.2 Å². The first-order chi connectivity index (χ1) is 8.20. The van der Waals surface area contributed by atoms with E-state index in [9.17, 15) is 0 Å². The summed E-state index contributed by atoms with van der Waals surface area (Å²) < 4.78 is 5.11. The second-order valence-electron chi connectivity index (χ2n) is 3.46. The fraction of sp³-hybridized carbons (Fsp3) is 0.167. The minimum atomic E-state index is 0.378. The first-order valence-corrected chi connectivity index (χ1v) is 5.44. The van der Waals surface area contributed by atoms with Gasteiger partial charge in [0.1, 0.15) is 10.9 Å². The van der Waals surface area contributed by atoms with Crippen LogP contribution < -0.4 is 9.64 Å². The molecule has 0 aliphatic heterocycles. The Morgan fingerprint density at radius 3 is 2.47 bits per heavy atom. The van der Waals surface area contributed by atoms with Gasteiger partial charge >= 0.3 is 0 Å². The molecule has 0 spiro atoms. The van der Waals surface area contributed by atoms with Crippen molar-refractivity contribution in [2.45, 2.75) is 0 Å². The molecular formula is C12H12ClN3O. The van der Waals surface area contributed by atoms with Crippen LogP contribution in [-0.4, -0.2) is 24.1 Å². The molecule has 0 amide bonds. The molecule has 0 fully saturated rings. The van der Waals surface area contributed by atoms with Crippen LogP contribution in [-0.2, 0) is 0 Å². The van der Waals surface area contributed by atoms with E-state index in [0.29, 0.717) is 11.0 Å². The SMILES string of the molecule is COc1ccc(N(C)c2cncc(Cl)n2)cc1. The first-order valence-electron chi connectivity index (χ1n) is 5.06. The molecule has 2 aromatic rings. The Morgan fingerprint density at radius 1 is 1.18 bits per heavy atom. The molecule has 0 radical (unpaired) electrons. The summed E-state index contributed by atoms with van der Waals surface area (Å²) in [7, 11) is 3.54. The number of benzene rings is 1. The highest BCUT2D eigenvalue weighted by Crippen LogP contribution is 2.24. The molecule has 0 aliphatic rings. The molecule has 0 atom stereocenters. The molecule has 0 N–H and O–H groups in total. The molecule has 0 unspecified atom stereocenters. The van der Waals surface area contributed by atoms with Crippen molar-refractivity contribution in [3.8, 4) is 5.75 Å². The Kier molecular flexibility index (Phi) is 3.44. The van der Waals surface area contributed by atoms with Gasteiger partial charge < -0.3 is 9.64 Å². The number of hydrogen-bond donors (Lipinski definition) is 0. The topological polar surface area (TPSA) is 38.2 Å². The zero-order chi connectivity index (χ0) is 12.3. The van der Waals surface area contributed by atoms with Gasteiger partial charge in [-0.05, 0) is 24.3 Å². The number of hydrogen-bond acceptors (Lipinski definition) is 4.